The van der Waals surface area contributed by atoms with Crippen molar-refractivity contribution in [2.24, 2.45) is 0 Å². The van der Waals surface area contributed by atoms with Crippen LogP contribution in [0.5, 0.6) is 5.75 Å². The van der Waals surface area contributed by atoms with Crippen LogP contribution >= 0.6 is 0 Å². The molecule has 0 radical (unpaired) electrons. The predicted octanol–water partition coefficient (Wildman–Crippen LogP) is 2.08. The highest BCUT2D eigenvalue weighted by molar-refractivity contribution is 5.76. The number of hydrogen-bond donors (Lipinski definition) is 2. The summed E-state index contributed by atoms with van der Waals surface area (Å²) in [4.78, 5) is 14.9. The fourth-order valence-electron chi connectivity index (χ4n) is 1.65. The van der Waals surface area contributed by atoms with Gasteiger partial charge in [-0.1, -0.05) is 30.3 Å². The van der Waals surface area contributed by atoms with Crippen LogP contribution in [-0.4, -0.2) is 21.2 Å². The van der Waals surface area contributed by atoms with E-state index >= 15 is 0 Å². The molecule has 2 N–H and O–H groups in total. The summed E-state index contributed by atoms with van der Waals surface area (Å²) in [5, 5.41) is 18.5. The first-order chi connectivity index (χ1) is 8.18. The number of carboxylic acid groups (broad SMARTS) is 1. The number of carbonyl (C=O) groups is 1. The maximum Gasteiger partial charge on any atom is 0.308 e. The van der Waals surface area contributed by atoms with Crippen molar-refractivity contribution in [3.05, 3.63) is 48.2 Å². The van der Waals surface area contributed by atoms with Crippen LogP contribution < -0.4 is 0 Å². The average Bonchev–Trinajstić information content (AvgIpc) is 2.32. The zero-order chi connectivity index (χ0) is 12.3. The van der Waals surface area contributed by atoms with Crippen molar-refractivity contribution >= 4 is 5.97 Å². The van der Waals surface area contributed by atoms with Crippen LogP contribution in [0.4, 0.5) is 0 Å². The molecule has 0 aliphatic heterocycles. The minimum absolute atomic E-state index is 0.0405. The maximum absolute atomic E-state index is 10.8. The minimum atomic E-state index is -0.995. The molecule has 1 aromatic heterocycles. The molecule has 0 unspecified atom stereocenters. The number of benzene rings is 1. The van der Waals surface area contributed by atoms with Gasteiger partial charge in [-0.3, -0.25) is 9.78 Å². The van der Waals surface area contributed by atoms with Crippen molar-refractivity contribution in [2.75, 3.05) is 0 Å². The molecule has 17 heavy (non-hydrogen) atoms. The van der Waals surface area contributed by atoms with Crippen molar-refractivity contribution in [1.82, 2.24) is 4.98 Å². The van der Waals surface area contributed by atoms with Gasteiger partial charge in [0.15, 0.2) is 0 Å². The second-order valence-corrected chi connectivity index (χ2v) is 3.59. The highest BCUT2D eigenvalue weighted by Gasteiger charge is 2.13. The summed E-state index contributed by atoms with van der Waals surface area (Å²) in [6, 6.07) is 10.6. The van der Waals surface area contributed by atoms with Gasteiger partial charge in [-0.05, 0) is 6.07 Å². The molecule has 4 heteroatoms. The van der Waals surface area contributed by atoms with E-state index in [1.54, 1.807) is 0 Å². The number of aromatic hydroxyl groups is 1. The molecule has 0 bridgehead atoms. The molecule has 4 nitrogen and oxygen atoms in total. The van der Waals surface area contributed by atoms with Gasteiger partial charge in [0.2, 0.25) is 0 Å². The normalized spacial score (nSPS) is 10.1. The van der Waals surface area contributed by atoms with Crippen LogP contribution in [0.15, 0.2) is 42.6 Å². The van der Waals surface area contributed by atoms with Gasteiger partial charge < -0.3 is 10.2 Å². The molecule has 0 saturated carbocycles. The first kappa shape index (κ1) is 11.1. The molecule has 1 aromatic carbocycles. The second kappa shape index (κ2) is 4.65. The molecule has 2 aromatic rings. The minimum Gasteiger partial charge on any atom is -0.508 e. The van der Waals surface area contributed by atoms with E-state index in [9.17, 15) is 9.90 Å². The summed E-state index contributed by atoms with van der Waals surface area (Å²) in [5.74, 6) is -1.04. The molecule has 0 amide bonds. The van der Waals surface area contributed by atoms with Gasteiger partial charge in [-0.25, -0.2) is 0 Å². The largest absolute Gasteiger partial charge is 0.508 e. The molecule has 0 saturated heterocycles. The van der Waals surface area contributed by atoms with Crippen molar-refractivity contribution in [1.29, 1.82) is 0 Å². The van der Waals surface area contributed by atoms with E-state index in [1.165, 1.54) is 12.3 Å². The monoisotopic (exact) mass is 229 g/mol. The van der Waals surface area contributed by atoms with Crippen LogP contribution in [0.2, 0.25) is 0 Å². The van der Waals surface area contributed by atoms with E-state index < -0.39 is 5.97 Å². The van der Waals surface area contributed by atoms with Gasteiger partial charge in [-0.2, -0.15) is 0 Å². The summed E-state index contributed by atoms with van der Waals surface area (Å²) in [6.45, 7) is 0. The van der Waals surface area contributed by atoms with Gasteiger partial charge in [0.25, 0.3) is 0 Å². The Balaban J connectivity index is 2.54. The van der Waals surface area contributed by atoms with Crippen molar-refractivity contribution < 1.29 is 15.0 Å². The van der Waals surface area contributed by atoms with E-state index in [-0.39, 0.29) is 12.2 Å². The summed E-state index contributed by atoms with van der Waals surface area (Å²) >= 11 is 0. The van der Waals surface area contributed by atoms with Crippen LogP contribution in [0.3, 0.4) is 0 Å². The first-order valence-electron chi connectivity index (χ1n) is 5.12. The molecular formula is C13H11NO3. The number of rotatable bonds is 3. The number of nitrogens with zero attached hydrogens (tertiary/aromatic N) is 1. The number of aliphatic carboxylic acids is 1. The van der Waals surface area contributed by atoms with E-state index in [0.29, 0.717) is 11.3 Å². The molecular weight excluding hydrogens is 218 g/mol. The number of aromatic nitrogens is 1. The van der Waals surface area contributed by atoms with E-state index in [2.05, 4.69) is 4.98 Å². The Morgan fingerprint density at radius 2 is 1.88 bits per heavy atom. The Morgan fingerprint density at radius 3 is 2.53 bits per heavy atom. The lowest BCUT2D eigenvalue weighted by Gasteiger charge is -2.08. The summed E-state index contributed by atoms with van der Waals surface area (Å²) in [5.41, 5.74) is 1.64. The fourth-order valence-corrected chi connectivity index (χ4v) is 1.65. The molecule has 0 aliphatic carbocycles. The third-order valence-corrected chi connectivity index (χ3v) is 2.41. The van der Waals surface area contributed by atoms with Gasteiger partial charge in [-0.15, -0.1) is 0 Å². The average molecular weight is 229 g/mol. The Kier molecular flexibility index (Phi) is 3.05. The van der Waals surface area contributed by atoms with Crippen LogP contribution in [0, 0.1) is 0 Å². The van der Waals surface area contributed by atoms with Gasteiger partial charge in [0.05, 0.1) is 12.1 Å². The maximum atomic E-state index is 10.8. The summed E-state index contributed by atoms with van der Waals surface area (Å²) in [6.07, 6.45) is 1.22. The lowest BCUT2D eigenvalue weighted by Crippen LogP contribution is -2.03. The van der Waals surface area contributed by atoms with Crippen molar-refractivity contribution in [3.63, 3.8) is 0 Å². The third kappa shape index (κ3) is 2.42. The van der Waals surface area contributed by atoms with Gasteiger partial charge in [0, 0.05) is 17.3 Å². The molecule has 0 aliphatic rings. The van der Waals surface area contributed by atoms with Crippen LogP contribution in [0.25, 0.3) is 11.3 Å². The zero-order valence-corrected chi connectivity index (χ0v) is 9.00. The Labute approximate surface area is 98.2 Å². The smallest absolute Gasteiger partial charge is 0.308 e. The van der Waals surface area contributed by atoms with Crippen LogP contribution in [-0.2, 0) is 11.2 Å². The molecule has 2 rings (SSSR count). The summed E-state index contributed by atoms with van der Waals surface area (Å²) in [7, 11) is 0. The number of hydrogen-bond acceptors (Lipinski definition) is 3. The number of pyridine rings is 1. The molecule has 86 valence electrons. The van der Waals surface area contributed by atoms with Crippen molar-refractivity contribution in [3.8, 4) is 17.0 Å². The topological polar surface area (TPSA) is 70.4 Å². The lowest BCUT2D eigenvalue weighted by atomic mass is 10.0. The predicted molar refractivity (Wildman–Crippen MR) is 62.7 cm³/mol. The molecule has 0 spiro atoms. The third-order valence-electron chi connectivity index (χ3n) is 2.41. The SMILES string of the molecule is O=C(O)Cc1c(O)ccnc1-c1ccccc1. The highest BCUT2D eigenvalue weighted by Crippen LogP contribution is 2.27. The zero-order valence-electron chi connectivity index (χ0n) is 9.00. The molecule has 1 heterocycles. The second-order valence-electron chi connectivity index (χ2n) is 3.59. The first-order valence-corrected chi connectivity index (χ1v) is 5.12. The Hall–Kier alpha value is -2.36. The summed E-state index contributed by atoms with van der Waals surface area (Å²) < 4.78 is 0. The Morgan fingerprint density at radius 1 is 1.18 bits per heavy atom. The van der Waals surface area contributed by atoms with Crippen molar-refractivity contribution in [2.45, 2.75) is 6.42 Å². The number of carboxylic acids is 1. The van der Waals surface area contributed by atoms with Gasteiger partial charge in [0.1, 0.15) is 5.75 Å². The van der Waals surface area contributed by atoms with E-state index in [1.807, 2.05) is 30.3 Å². The van der Waals surface area contributed by atoms with E-state index in [4.69, 9.17) is 5.11 Å². The highest BCUT2D eigenvalue weighted by atomic mass is 16.4. The molecule has 0 fully saturated rings. The fraction of sp³-hybridized carbons (Fsp3) is 0.0769. The van der Waals surface area contributed by atoms with E-state index in [0.717, 1.165) is 5.56 Å². The van der Waals surface area contributed by atoms with Gasteiger partial charge >= 0.3 is 5.97 Å². The quantitative estimate of drug-likeness (QED) is 0.845. The standard InChI is InChI=1S/C13H11NO3/c15-11-6-7-14-13(10(11)8-12(16)17)9-4-2-1-3-5-9/h1-7H,8H2,(H,14,15)(H,16,17). The van der Waals surface area contributed by atoms with Crippen LogP contribution in [0.1, 0.15) is 5.56 Å². The Bertz CT molecular complexity index is 538. The lowest BCUT2D eigenvalue weighted by molar-refractivity contribution is -0.136. The molecule has 0 atom stereocenters.